The van der Waals surface area contributed by atoms with Crippen molar-refractivity contribution >= 4 is 120 Å². The quantitative estimate of drug-likeness (QED) is 0.147. The van der Waals surface area contributed by atoms with Gasteiger partial charge in [-0.25, -0.2) is 0 Å². The van der Waals surface area contributed by atoms with Gasteiger partial charge >= 0.3 is 0 Å². The van der Waals surface area contributed by atoms with Gasteiger partial charge in [0.1, 0.15) is 0 Å². The van der Waals surface area contributed by atoms with E-state index in [9.17, 15) is 0 Å². The summed E-state index contributed by atoms with van der Waals surface area (Å²) in [6, 6.07) is 98.3. The van der Waals surface area contributed by atoms with E-state index in [1.807, 2.05) is 0 Å². The van der Waals surface area contributed by atoms with Gasteiger partial charge in [0, 0.05) is 91.5 Å². The molecule has 0 atom stereocenters. The highest BCUT2D eigenvalue weighted by Gasteiger charge is 2.51. The van der Waals surface area contributed by atoms with Crippen LogP contribution in [0.25, 0.3) is 22.3 Å². The molecular weight excluding hydrogens is 1040 g/mol. The van der Waals surface area contributed by atoms with E-state index in [0.29, 0.717) is 12.1 Å². The second kappa shape index (κ2) is 19.0. The molecule has 0 radical (unpaired) electrons. The fourth-order valence-corrected chi connectivity index (χ4v) is 17.2. The van der Waals surface area contributed by atoms with E-state index in [-0.39, 0.29) is 18.8 Å². The van der Waals surface area contributed by atoms with Crippen LogP contribution >= 0.6 is 0 Å². The van der Waals surface area contributed by atoms with Crippen molar-refractivity contribution in [2.45, 2.75) is 70.4 Å². The molecular formula is C79H65B2N5. The summed E-state index contributed by atoms with van der Waals surface area (Å²) in [6.07, 6.45) is 6.53. The molecule has 5 nitrogen and oxygen atoms in total. The molecule has 0 unspecified atom stereocenters. The zero-order valence-corrected chi connectivity index (χ0v) is 49.0. The minimum atomic E-state index is -0.138. The third-order valence-corrected chi connectivity index (χ3v) is 20.6. The maximum absolute atomic E-state index is 2.93. The van der Waals surface area contributed by atoms with Gasteiger partial charge in [0.2, 0.25) is 0 Å². The Labute approximate surface area is 506 Å². The van der Waals surface area contributed by atoms with E-state index in [1.54, 1.807) is 0 Å². The zero-order chi connectivity index (χ0) is 56.9. The number of rotatable bonds is 7. The predicted octanol–water partition coefficient (Wildman–Crippen LogP) is 16.3. The van der Waals surface area contributed by atoms with Crippen molar-refractivity contribution in [1.82, 2.24) is 0 Å². The molecule has 2 saturated heterocycles. The first-order valence-electron chi connectivity index (χ1n) is 31.4. The van der Waals surface area contributed by atoms with Crippen molar-refractivity contribution < 1.29 is 0 Å². The second-order valence-corrected chi connectivity index (χ2v) is 26.4. The summed E-state index contributed by atoms with van der Waals surface area (Å²) < 4.78 is 0. The third kappa shape index (κ3) is 7.46. The first kappa shape index (κ1) is 49.9. The number of hydrogen-bond donors (Lipinski definition) is 0. The third-order valence-electron chi connectivity index (χ3n) is 20.6. The molecule has 7 heteroatoms. The smallest absolute Gasteiger partial charge is 0.252 e. The predicted molar refractivity (Wildman–Crippen MR) is 364 cm³/mol. The minimum Gasteiger partial charge on any atom is -0.365 e. The highest BCUT2D eigenvalue weighted by molar-refractivity contribution is 7.03. The van der Waals surface area contributed by atoms with Gasteiger partial charge in [0.25, 0.3) is 13.4 Å². The lowest BCUT2D eigenvalue weighted by Gasteiger charge is -2.58. The van der Waals surface area contributed by atoms with E-state index in [2.05, 4.69) is 300 Å². The van der Waals surface area contributed by atoms with Gasteiger partial charge in [-0.15, -0.1) is 0 Å². The van der Waals surface area contributed by atoms with Crippen LogP contribution in [0, 0.1) is 11.8 Å². The van der Waals surface area contributed by atoms with Gasteiger partial charge in [-0.05, 0) is 178 Å². The Kier molecular flexibility index (Phi) is 11.0. The molecule has 6 heterocycles. The Balaban J connectivity index is 0.963. The van der Waals surface area contributed by atoms with Crippen LogP contribution in [0.5, 0.6) is 0 Å². The van der Waals surface area contributed by atoms with Gasteiger partial charge in [0.05, 0.1) is 5.69 Å². The molecule has 11 aromatic carbocycles. The van der Waals surface area contributed by atoms with E-state index in [4.69, 9.17) is 0 Å². The molecule has 4 bridgehead atoms. The molecule has 4 fully saturated rings. The standard InChI is InChI=1S/C79H65B2N5/c1-79(2,3)55-45-72-76-73(46-55)84(57-30-15-7-16-31-57)70-50-71-67(49-66(70)80(76)64-36-19-21-38-68(64)83(72)56-28-13-6-14-29-56)81-65-37-20-22-39-69(65)86(78-62(53-24-9-4-10-25-53)34-23-35-63(78)54-26-11-5-12-27-54)75-48-61(82-59-41-51-40-52(43-59)44-60(82)42-51)47-74(77(75)81)85(71)58-32-17-8-18-33-58/h4-39,45-52,59-60H,40-44H2,1-3H3. The van der Waals surface area contributed by atoms with E-state index in [1.165, 1.54) is 150 Å². The number of benzene rings is 11. The van der Waals surface area contributed by atoms with Crippen molar-refractivity contribution in [1.29, 1.82) is 0 Å². The lowest BCUT2D eigenvalue weighted by Crippen LogP contribution is -2.65. The topological polar surface area (TPSA) is 16.2 Å². The Hall–Kier alpha value is -9.45. The lowest BCUT2D eigenvalue weighted by molar-refractivity contribution is 0.0900. The molecule has 11 aromatic rings. The number of para-hydroxylation sites is 6. The fourth-order valence-electron chi connectivity index (χ4n) is 17.2. The summed E-state index contributed by atoms with van der Waals surface area (Å²) >= 11 is 0. The van der Waals surface area contributed by atoms with E-state index >= 15 is 0 Å². The van der Waals surface area contributed by atoms with Crippen LogP contribution in [0.1, 0.15) is 58.4 Å². The molecule has 0 amide bonds. The molecule has 0 aromatic heterocycles. The summed E-state index contributed by atoms with van der Waals surface area (Å²) in [5.74, 6) is 1.65. The molecule has 19 rings (SSSR count). The summed E-state index contributed by atoms with van der Waals surface area (Å²) in [5, 5.41) is 0. The molecule has 6 aliphatic heterocycles. The first-order chi connectivity index (χ1) is 42.3. The van der Waals surface area contributed by atoms with Crippen molar-refractivity contribution in [3.63, 3.8) is 0 Å². The minimum absolute atomic E-state index is 0.0647. The molecule has 86 heavy (non-hydrogen) atoms. The summed E-state index contributed by atoms with van der Waals surface area (Å²) in [4.78, 5) is 13.5. The van der Waals surface area contributed by atoms with Gasteiger partial charge in [-0.1, -0.05) is 197 Å². The average Bonchev–Trinajstić information content (AvgIpc) is 0.726. The van der Waals surface area contributed by atoms with Gasteiger partial charge in [0.15, 0.2) is 0 Å². The number of anilines is 13. The number of nitrogens with zero attached hydrogens (tertiary/aromatic N) is 5. The van der Waals surface area contributed by atoms with E-state index < -0.39 is 0 Å². The number of piperidine rings is 2. The van der Waals surface area contributed by atoms with Crippen molar-refractivity contribution in [2.24, 2.45) is 11.8 Å². The summed E-state index contributed by atoms with van der Waals surface area (Å²) in [7, 11) is 0. The molecule has 2 saturated carbocycles. The molecule has 0 N–H and O–H groups in total. The van der Waals surface area contributed by atoms with Crippen molar-refractivity contribution in [3.05, 3.63) is 260 Å². The average molecular weight is 1110 g/mol. The van der Waals surface area contributed by atoms with Crippen LogP contribution in [0.15, 0.2) is 255 Å². The maximum Gasteiger partial charge on any atom is 0.252 e. The van der Waals surface area contributed by atoms with Crippen LogP contribution in [-0.2, 0) is 5.41 Å². The monoisotopic (exact) mass is 1110 g/mol. The van der Waals surface area contributed by atoms with E-state index in [0.717, 1.165) is 28.9 Å². The van der Waals surface area contributed by atoms with Crippen LogP contribution in [-0.4, -0.2) is 25.5 Å². The fraction of sp³-hybridized carbons (Fsp3) is 0.165. The number of hydrogen-bond acceptors (Lipinski definition) is 5. The maximum atomic E-state index is 2.93. The Morgan fingerprint density at radius 3 is 1.15 bits per heavy atom. The Morgan fingerprint density at radius 1 is 0.314 bits per heavy atom. The second-order valence-electron chi connectivity index (χ2n) is 26.4. The van der Waals surface area contributed by atoms with Crippen LogP contribution in [0.4, 0.5) is 73.9 Å². The van der Waals surface area contributed by atoms with Gasteiger partial charge in [-0.3, -0.25) is 0 Å². The normalized spacial score (nSPS) is 18.9. The zero-order valence-electron chi connectivity index (χ0n) is 49.0. The Bertz CT molecular complexity index is 4420. The van der Waals surface area contributed by atoms with Crippen molar-refractivity contribution in [2.75, 3.05) is 24.5 Å². The van der Waals surface area contributed by atoms with Crippen molar-refractivity contribution in [3.8, 4) is 22.3 Å². The van der Waals surface area contributed by atoms with Crippen LogP contribution in [0.2, 0.25) is 0 Å². The largest absolute Gasteiger partial charge is 0.365 e. The van der Waals surface area contributed by atoms with Gasteiger partial charge < -0.3 is 24.5 Å². The lowest BCUT2D eigenvalue weighted by atomic mass is 9.30. The molecule has 8 aliphatic rings. The SMILES string of the molecule is CC(C)(C)c1cc2c3c(c1)N(c1ccccc1)c1cc4c(cc1B3c1ccccc1N2c1ccccc1)B1c2ccccc2N(c2c(-c3ccccc3)cccc2-c2ccccc2)c2cc(N3C5CC6CC(C5)CC3C6)cc(c21)N4c1ccccc1. The highest BCUT2D eigenvalue weighted by atomic mass is 15.2. The first-order valence-corrected chi connectivity index (χ1v) is 31.4. The van der Waals surface area contributed by atoms with Gasteiger partial charge in [-0.2, -0.15) is 0 Å². The van der Waals surface area contributed by atoms with Crippen LogP contribution in [0.3, 0.4) is 0 Å². The molecule has 2 aliphatic carbocycles. The van der Waals surface area contributed by atoms with Crippen LogP contribution < -0.4 is 57.3 Å². The molecule has 412 valence electrons. The summed E-state index contributed by atoms with van der Waals surface area (Å²) in [6.45, 7) is 6.93. The number of fused-ring (bicyclic) bond motifs is 8. The summed E-state index contributed by atoms with van der Waals surface area (Å²) in [5.41, 5.74) is 29.8. The molecule has 0 spiro atoms. The highest BCUT2D eigenvalue weighted by Crippen LogP contribution is 2.56. The Morgan fingerprint density at radius 2 is 0.698 bits per heavy atom.